The van der Waals surface area contributed by atoms with Crippen molar-refractivity contribution in [3.05, 3.63) is 59.8 Å². The van der Waals surface area contributed by atoms with E-state index < -0.39 is 6.10 Å². The van der Waals surface area contributed by atoms with E-state index in [0.29, 0.717) is 25.8 Å². The first-order valence-electron chi connectivity index (χ1n) is 7.47. The van der Waals surface area contributed by atoms with E-state index in [0.717, 1.165) is 17.0 Å². The van der Waals surface area contributed by atoms with Gasteiger partial charge in [-0.1, -0.05) is 17.3 Å². The molecule has 0 bridgehead atoms. The molecule has 0 unspecified atom stereocenters. The third kappa shape index (κ3) is 4.18. The molecule has 1 aromatic heterocycles. The van der Waals surface area contributed by atoms with E-state index in [1.165, 1.54) is 12.1 Å². The van der Waals surface area contributed by atoms with Gasteiger partial charge in [-0.2, -0.15) is 0 Å². The number of hydrogen-bond acceptors (Lipinski definition) is 4. The summed E-state index contributed by atoms with van der Waals surface area (Å²) in [4.78, 5) is 17.2. The Balaban J connectivity index is 1.42. The maximum absolute atomic E-state index is 12.9. The van der Waals surface area contributed by atoms with E-state index >= 15 is 0 Å². The van der Waals surface area contributed by atoms with Crippen molar-refractivity contribution in [2.75, 3.05) is 6.54 Å². The standard InChI is InChI=1S/C17H17FN2O3/c18-13-5-3-12(4-6-13)10-14-11-16(23-20-14)17(21)19-8-7-15-2-1-9-22-15/h1-6,9,16H,7-8,10-11H2,(H,19,21)/t16-/m1/s1. The molecule has 1 aromatic carbocycles. The van der Waals surface area contributed by atoms with Crippen molar-refractivity contribution in [1.82, 2.24) is 5.32 Å². The van der Waals surface area contributed by atoms with Crippen molar-refractivity contribution >= 4 is 11.6 Å². The number of carbonyl (C=O) groups is 1. The zero-order chi connectivity index (χ0) is 16.1. The molecule has 1 atom stereocenters. The van der Waals surface area contributed by atoms with Gasteiger partial charge in [0.1, 0.15) is 11.6 Å². The van der Waals surface area contributed by atoms with Gasteiger partial charge in [0.05, 0.1) is 12.0 Å². The first kappa shape index (κ1) is 15.3. The summed E-state index contributed by atoms with van der Waals surface area (Å²) in [6.07, 6.45) is 2.64. The van der Waals surface area contributed by atoms with E-state index in [4.69, 9.17) is 9.25 Å². The molecule has 120 valence electrons. The van der Waals surface area contributed by atoms with Crippen LogP contribution < -0.4 is 5.32 Å². The number of furan rings is 1. The Labute approximate surface area is 133 Å². The SMILES string of the molecule is O=C(NCCc1ccco1)[C@H]1CC(Cc2ccc(F)cc2)=NO1. The molecule has 23 heavy (non-hydrogen) atoms. The summed E-state index contributed by atoms with van der Waals surface area (Å²) in [5.41, 5.74) is 1.72. The minimum absolute atomic E-state index is 0.186. The summed E-state index contributed by atoms with van der Waals surface area (Å²) in [5, 5.41) is 6.77. The highest BCUT2D eigenvalue weighted by molar-refractivity contribution is 5.93. The molecule has 0 spiro atoms. The van der Waals surface area contributed by atoms with E-state index in [1.54, 1.807) is 18.4 Å². The lowest BCUT2D eigenvalue weighted by Crippen LogP contribution is -2.36. The number of nitrogens with one attached hydrogen (secondary N) is 1. The number of hydrogen-bond donors (Lipinski definition) is 1. The first-order valence-corrected chi connectivity index (χ1v) is 7.47. The van der Waals surface area contributed by atoms with Crippen molar-refractivity contribution in [3.63, 3.8) is 0 Å². The molecule has 0 saturated carbocycles. The Morgan fingerprint density at radius 2 is 2.13 bits per heavy atom. The zero-order valence-corrected chi connectivity index (χ0v) is 12.5. The molecule has 2 aromatic rings. The second-order valence-corrected chi connectivity index (χ2v) is 5.38. The normalized spacial score (nSPS) is 16.7. The number of amides is 1. The maximum Gasteiger partial charge on any atom is 0.264 e. The highest BCUT2D eigenvalue weighted by Crippen LogP contribution is 2.15. The van der Waals surface area contributed by atoms with Gasteiger partial charge in [0.2, 0.25) is 6.10 Å². The van der Waals surface area contributed by atoms with Crippen molar-refractivity contribution < 1.29 is 18.4 Å². The summed E-state index contributed by atoms with van der Waals surface area (Å²) in [6.45, 7) is 0.486. The van der Waals surface area contributed by atoms with Crippen LogP contribution in [0.1, 0.15) is 17.7 Å². The Hall–Kier alpha value is -2.63. The monoisotopic (exact) mass is 316 g/mol. The average molecular weight is 316 g/mol. The number of oxime groups is 1. The van der Waals surface area contributed by atoms with Crippen LogP contribution in [0.25, 0.3) is 0 Å². The van der Waals surface area contributed by atoms with Crippen molar-refractivity contribution in [1.29, 1.82) is 0 Å². The van der Waals surface area contributed by atoms with Gasteiger partial charge in [-0.25, -0.2) is 4.39 Å². The summed E-state index contributed by atoms with van der Waals surface area (Å²) in [6, 6.07) is 9.90. The first-order chi connectivity index (χ1) is 11.2. The highest BCUT2D eigenvalue weighted by atomic mass is 19.1. The van der Waals surface area contributed by atoms with E-state index in [9.17, 15) is 9.18 Å². The second-order valence-electron chi connectivity index (χ2n) is 5.38. The number of carbonyl (C=O) groups excluding carboxylic acids is 1. The Morgan fingerprint density at radius 1 is 1.30 bits per heavy atom. The second kappa shape index (κ2) is 7.09. The fourth-order valence-electron chi connectivity index (χ4n) is 2.39. The summed E-state index contributed by atoms with van der Waals surface area (Å²) < 4.78 is 18.1. The molecule has 1 N–H and O–H groups in total. The highest BCUT2D eigenvalue weighted by Gasteiger charge is 2.27. The molecular weight excluding hydrogens is 299 g/mol. The summed E-state index contributed by atoms with van der Waals surface area (Å²) in [5.74, 6) is 0.368. The average Bonchev–Trinajstić information content (AvgIpc) is 3.21. The van der Waals surface area contributed by atoms with Crippen LogP contribution in [0.5, 0.6) is 0 Å². The van der Waals surface area contributed by atoms with Crippen LogP contribution in [-0.2, 0) is 22.5 Å². The topological polar surface area (TPSA) is 63.8 Å². The van der Waals surface area contributed by atoms with Crippen LogP contribution >= 0.6 is 0 Å². The van der Waals surface area contributed by atoms with Crippen molar-refractivity contribution in [2.45, 2.75) is 25.4 Å². The van der Waals surface area contributed by atoms with Crippen molar-refractivity contribution in [2.24, 2.45) is 5.16 Å². The molecule has 1 aliphatic heterocycles. The van der Waals surface area contributed by atoms with E-state index in [-0.39, 0.29) is 11.7 Å². The fourth-order valence-corrected chi connectivity index (χ4v) is 2.39. The minimum Gasteiger partial charge on any atom is -0.469 e. The lowest BCUT2D eigenvalue weighted by molar-refractivity contribution is -0.131. The van der Waals surface area contributed by atoms with Crippen molar-refractivity contribution in [3.8, 4) is 0 Å². The quantitative estimate of drug-likeness (QED) is 0.890. The number of nitrogens with zero attached hydrogens (tertiary/aromatic N) is 1. The number of benzene rings is 1. The van der Waals surface area contributed by atoms with Crippen LogP contribution in [0.2, 0.25) is 0 Å². The smallest absolute Gasteiger partial charge is 0.264 e. The lowest BCUT2D eigenvalue weighted by Gasteiger charge is -2.08. The van der Waals surface area contributed by atoms with Gasteiger partial charge in [0.15, 0.2) is 0 Å². The van der Waals surface area contributed by atoms with E-state index in [2.05, 4.69) is 10.5 Å². The molecule has 1 amide bonds. The van der Waals surface area contributed by atoms with Gasteiger partial charge >= 0.3 is 0 Å². The molecule has 0 saturated heterocycles. The molecule has 5 nitrogen and oxygen atoms in total. The maximum atomic E-state index is 12.9. The molecule has 6 heteroatoms. The molecule has 0 aliphatic carbocycles. The fraction of sp³-hybridized carbons (Fsp3) is 0.294. The van der Waals surface area contributed by atoms with Gasteiger partial charge in [-0.05, 0) is 29.8 Å². The van der Waals surface area contributed by atoms with Crippen LogP contribution in [0.3, 0.4) is 0 Å². The van der Waals surface area contributed by atoms with Crippen LogP contribution in [0.4, 0.5) is 4.39 Å². The third-order valence-electron chi connectivity index (χ3n) is 3.59. The van der Waals surface area contributed by atoms with Gasteiger partial charge in [-0.3, -0.25) is 4.79 Å². The summed E-state index contributed by atoms with van der Waals surface area (Å²) in [7, 11) is 0. The minimum atomic E-state index is -0.595. The summed E-state index contributed by atoms with van der Waals surface area (Å²) >= 11 is 0. The Morgan fingerprint density at radius 3 is 2.87 bits per heavy atom. The van der Waals surface area contributed by atoms with E-state index in [1.807, 2.05) is 12.1 Å². The molecule has 2 heterocycles. The van der Waals surface area contributed by atoms with Crippen LogP contribution in [0, 0.1) is 5.82 Å². The zero-order valence-electron chi connectivity index (χ0n) is 12.5. The molecule has 0 radical (unpaired) electrons. The Bertz CT molecular complexity index is 680. The number of rotatable bonds is 6. The van der Waals surface area contributed by atoms with Gasteiger partial charge < -0.3 is 14.6 Å². The van der Waals surface area contributed by atoms with Gasteiger partial charge in [0.25, 0.3) is 5.91 Å². The van der Waals surface area contributed by atoms with Gasteiger partial charge in [-0.15, -0.1) is 0 Å². The molecule has 1 aliphatic rings. The Kier molecular flexibility index (Phi) is 4.71. The molecule has 3 rings (SSSR count). The third-order valence-corrected chi connectivity index (χ3v) is 3.59. The lowest BCUT2D eigenvalue weighted by atomic mass is 10.0. The van der Waals surface area contributed by atoms with Crippen LogP contribution in [0.15, 0.2) is 52.2 Å². The molecule has 0 fully saturated rings. The predicted molar refractivity (Wildman–Crippen MR) is 82.5 cm³/mol. The van der Waals surface area contributed by atoms with Gasteiger partial charge in [0, 0.05) is 25.8 Å². The molecular formula is C17H17FN2O3. The largest absolute Gasteiger partial charge is 0.469 e. The predicted octanol–water partition coefficient (Wildman–Crippen LogP) is 2.46. The number of halogens is 1. The van der Waals surface area contributed by atoms with Crippen LogP contribution in [-0.4, -0.2) is 24.3 Å².